The van der Waals surface area contributed by atoms with E-state index in [2.05, 4.69) is 212 Å². The minimum Gasteiger partial charge on any atom is -0.245 e. The Morgan fingerprint density at radius 1 is 0.305 bits per heavy atom. The molecule has 0 fully saturated rings. The number of aromatic nitrogens is 2. The van der Waals surface area contributed by atoms with E-state index >= 15 is 0 Å². The van der Waals surface area contributed by atoms with Crippen molar-refractivity contribution in [3.63, 3.8) is 0 Å². The minimum atomic E-state index is -0.420. The van der Waals surface area contributed by atoms with E-state index in [-0.39, 0.29) is 0 Å². The second kappa shape index (κ2) is 13.2. The van der Waals surface area contributed by atoms with Crippen LogP contribution in [0.1, 0.15) is 22.3 Å². The maximum absolute atomic E-state index is 5.35. The van der Waals surface area contributed by atoms with Gasteiger partial charge in [-0.05, 0) is 84.3 Å². The third kappa shape index (κ3) is 5.06. The van der Waals surface area contributed by atoms with Crippen LogP contribution in [0.2, 0.25) is 0 Å². The molecule has 0 atom stereocenters. The number of fused-ring (bicyclic) bond motifs is 9. The summed E-state index contributed by atoms with van der Waals surface area (Å²) in [7, 11) is 0. The molecule has 2 nitrogen and oxygen atoms in total. The molecule has 0 N–H and O–H groups in total. The van der Waals surface area contributed by atoms with Crippen LogP contribution >= 0.6 is 0 Å². The molecule has 12 rings (SSSR count). The lowest BCUT2D eigenvalue weighted by molar-refractivity contribution is 0.769. The van der Waals surface area contributed by atoms with Crippen molar-refractivity contribution in [1.29, 1.82) is 0 Å². The Bertz CT molecular complexity index is 3390. The molecule has 2 aromatic heterocycles. The van der Waals surface area contributed by atoms with Gasteiger partial charge in [-0.15, -0.1) is 0 Å². The topological polar surface area (TPSA) is 25.8 Å². The van der Waals surface area contributed by atoms with E-state index in [4.69, 9.17) is 9.97 Å². The van der Waals surface area contributed by atoms with Crippen molar-refractivity contribution >= 4 is 43.4 Å². The van der Waals surface area contributed by atoms with Crippen LogP contribution in [-0.2, 0) is 5.41 Å². The van der Waals surface area contributed by atoms with Crippen LogP contribution in [0.3, 0.4) is 0 Å². The van der Waals surface area contributed by atoms with Crippen LogP contribution < -0.4 is 0 Å². The second-order valence-electron chi connectivity index (χ2n) is 15.6. The molecule has 9 aromatic carbocycles. The molecule has 0 unspecified atom stereocenters. The minimum absolute atomic E-state index is 0.420. The van der Waals surface area contributed by atoms with E-state index in [9.17, 15) is 0 Å². The fraction of sp³-hybridized carbons (Fsp3) is 0.0175. The first-order chi connectivity index (χ1) is 29.3. The van der Waals surface area contributed by atoms with Gasteiger partial charge in [-0.3, -0.25) is 0 Å². The third-order valence-corrected chi connectivity index (χ3v) is 12.5. The summed E-state index contributed by atoms with van der Waals surface area (Å²) in [6, 6.07) is 79.3. The number of hydrogen-bond acceptors (Lipinski definition) is 2. The van der Waals surface area contributed by atoms with E-state index in [0.717, 1.165) is 44.3 Å². The van der Waals surface area contributed by atoms with Crippen LogP contribution in [0.4, 0.5) is 0 Å². The Balaban J connectivity index is 1.00. The Kier molecular flexibility index (Phi) is 7.48. The van der Waals surface area contributed by atoms with E-state index in [1.165, 1.54) is 66.1 Å². The van der Waals surface area contributed by atoms with Crippen LogP contribution in [0.25, 0.3) is 88.1 Å². The Labute approximate surface area is 342 Å². The molecule has 0 aliphatic heterocycles. The van der Waals surface area contributed by atoms with Gasteiger partial charge in [0, 0.05) is 21.9 Å². The smallest absolute Gasteiger partial charge is 0.0972 e. The molecular formula is C57H36N2. The van der Waals surface area contributed by atoms with Crippen molar-refractivity contribution in [3.05, 3.63) is 241 Å². The molecule has 59 heavy (non-hydrogen) atoms. The monoisotopic (exact) mass is 748 g/mol. The number of rotatable bonds is 5. The molecule has 2 heteroatoms. The fourth-order valence-electron chi connectivity index (χ4n) is 9.90. The highest BCUT2D eigenvalue weighted by atomic mass is 14.8. The molecule has 1 aliphatic carbocycles. The van der Waals surface area contributed by atoms with Gasteiger partial charge in [0.05, 0.1) is 27.8 Å². The van der Waals surface area contributed by atoms with E-state index in [1.54, 1.807) is 0 Å². The Morgan fingerprint density at radius 3 is 1.56 bits per heavy atom. The highest BCUT2D eigenvalue weighted by Gasteiger charge is 2.46. The molecule has 2 heterocycles. The first kappa shape index (κ1) is 33.5. The van der Waals surface area contributed by atoms with Gasteiger partial charge in [0.1, 0.15) is 0 Å². The molecule has 0 saturated heterocycles. The van der Waals surface area contributed by atoms with Crippen LogP contribution in [0.5, 0.6) is 0 Å². The predicted molar refractivity (Wildman–Crippen MR) is 246 cm³/mol. The summed E-state index contributed by atoms with van der Waals surface area (Å²) in [4.78, 5) is 10.5. The highest BCUT2D eigenvalue weighted by Crippen LogP contribution is 2.58. The summed E-state index contributed by atoms with van der Waals surface area (Å²) in [5.74, 6) is 0. The lowest BCUT2D eigenvalue weighted by Gasteiger charge is -2.33. The van der Waals surface area contributed by atoms with Crippen LogP contribution in [0.15, 0.2) is 218 Å². The van der Waals surface area contributed by atoms with Crippen molar-refractivity contribution in [2.45, 2.75) is 5.41 Å². The van der Waals surface area contributed by atoms with Crippen LogP contribution in [0, 0.1) is 0 Å². The zero-order valence-corrected chi connectivity index (χ0v) is 32.2. The van der Waals surface area contributed by atoms with E-state index in [0.29, 0.717) is 0 Å². The molecule has 0 bridgehead atoms. The number of nitrogens with zero attached hydrogens (tertiary/aromatic N) is 2. The number of hydrogen-bond donors (Lipinski definition) is 0. The molecule has 274 valence electrons. The molecule has 0 saturated carbocycles. The maximum atomic E-state index is 5.35. The predicted octanol–water partition coefficient (Wildman–Crippen LogP) is 14.5. The van der Waals surface area contributed by atoms with E-state index < -0.39 is 5.41 Å². The summed E-state index contributed by atoms with van der Waals surface area (Å²) in [6.45, 7) is 0. The summed E-state index contributed by atoms with van der Waals surface area (Å²) in [5.41, 5.74) is 15.7. The quantitative estimate of drug-likeness (QED) is 0.164. The molecule has 11 aromatic rings. The van der Waals surface area contributed by atoms with Gasteiger partial charge >= 0.3 is 0 Å². The largest absolute Gasteiger partial charge is 0.245 e. The summed E-state index contributed by atoms with van der Waals surface area (Å²) >= 11 is 0. The third-order valence-electron chi connectivity index (χ3n) is 12.5. The van der Waals surface area contributed by atoms with E-state index in [1.807, 2.05) is 6.07 Å². The van der Waals surface area contributed by atoms with Gasteiger partial charge in [0.2, 0.25) is 0 Å². The SMILES string of the molecule is c1ccc(-c2ccc3ccc4ccc(-c5ccc(-c6ccc7c8c(ccc7c6)C(c6ccccc6)(c6ccccc6)c6ccccc6-8)c6ccccc56)nc4c3n2)cc1. The average molecular weight is 749 g/mol. The lowest BCUT2D eigenvalue weighted by Crippen LogP contribution is -2.28. The summed E-state index contributed by atoms with van der Waals surface area (Å²) in [5, 5.41) is 7.03. The van der Waals surface area contributed by atoms with Crippen molar-refractivity contribution in [3.8, 4) is 44.8 Å². The standard InChI is InChI=1S/C57H36N2/c1-4-14-37(15-5-1)52-34-28-38-24-25-39-29-35-53(59-56(39)55(38)58-52)48-32-31-44(46-20-10-11-21-47(46)48)40-26-30-45-41(36-40)27-33-51-54(45)49-22-12-13-23-50(49)57(51,42-16-6-2-7-17-42)43-18-8-3-9-19-43/h1-36H. The maximum Gasteiger partial charge on any atom is 0.0972 e. The summed E-state index contributed by atoms with van der Waals surface area (Å²) < 4.78 is 0. The molecule has 0 radical (unpaired) electrons. The highest BCUT2D eigenvalue weighted by molar-refractivity contribution is 6.10. The van der Waals surface area contributed by atoms with Gasteiger partial charge < -0.3 is 0 Å². The van der Waals surface area contributed by atoms with Gasteiger partial charge in [-0.2, -0.15) is 0 Å². The first-order valence-electron chi connectivity index (χ1n) is 20.3. The first-order valence-corrected chi connectivity index (χ1v) is 20.3. The zero-order valence-electron chi connectivity index (χ0n) is 32.2. The van der Waals surface area contributed by atoms with Gasteiger partial charge in [-0.1, -0.05) is 200 Å². The van der Waals surface area contributed by atoms with Crippen molar-refractivity contribution in [1.82, 2.24) is 9.97 Å². The molecular weight excluding hydrogens is 713 g/mol. The number of pyridine rings is 2. The fourth-order valence-corrected chi connectivity index (χ4v) is 9.90. The Hall–Kier alpha value is -7.68. The van der Waals surface area contributed by atoms with Gasteiger partial charge in [-0.25, -0.2) is 9.97 Å². The van der Waals surface area contributed by atoms with Crippen molar-refractivity contribution < 1.29 is 0 Å². The van der Waals surface area contributed by atoms with Crippen LogP contribution in [-0.4, -0.2) is 9.97 Å². The van der Waals surface area contributed by atoms with Crippen molar-refractivity contribution in [2.24, 2.45) is 0 Å². The molecule has 0 spiro atoms. The average Bonchev–Trinajstić information content (AvgIpc) is 3.63. The van der Waals surface area contributed by atoms with Crippen molar-refractivity contribution in [2.75, 3.05) is 0 Å². The normalized spacial score (nSPS) is 12.9. The second-order valence-corrected chi connectivity index (χ2v) is 15.6. The molecule has 1 aliphatic rings. The number of benzene rings is 9. The summed E-state index contributed by atoms with van der Waals surface area (Å²) in [6.07, 6.45) is 0. The lowest BCUT2D eigenvalue weighted by atomic mass is 9.67. The van der Waals surface area contributed by atoms with Gasteiger partial charge in [0.25, 0.3) is 0 Å². The molecule has 0 amide bonds. The van der Waals surface area contributed by atoms with Gasteiger partial charge in [0.15, 0.2) is 0 Å². The zero-order chi connectivity index (χ0) is 38.9. The Morgan fingerprint density at radius 2 is 0.847 bits per heavy atom.